The predicted octanol–water partition coefficient (Wildman–Crippen LogP) is 6.11. The standard InChI is InChI=1S/C28H30N4O/c1-17(2)21-9-11-22(12-10-21)26-15-25-27(32(26)19(4)24-8-6-7-13-30-24)14-23(16-31-25)28(18(3)29)20(5)33/h6-17,19H,29H2,1-5H3/b28-18+. The summed E-state index contributed by atoms with van der Waals surface area (Å²) in [5, 5.41) is 0. The van der Waals surface area contributed by atoms with Crippen LogP contribution in [-0.4, -0.2) is 20.3 Å². The zero-order valence-corrected chi connectivity index (χ0v) is 19.8. The van der Waals surface area contributed by atoms with Crippen LogP contribution in [0.3, 0.4) is 0 Å². The van der Waals surface area contributed by atoms with Crippen LogP contribution in [0, 0.1) is 0 Å². The first kappa shape index (κ1) is 22.5. The third-order valence-corrected chi connectivity index (χ3v) is 6.10. The highest BCUT2D eigenvalue weighted by Crippen LogP contribution is 2.34. The molecule has 3 aromatic heterocycles. The van der Waals surface area contributed by atoms with Crippen LogP contribution in [-0.2, 0) is 4.79 Å². The van der Waals surface area contributed by atoms with Crippen molar-refractivity contribution in [1.82, 2.24) is 14.5 Å². The highest BCUT2D eigenvalue weighted by Gasteiger charge is 2.20. The number of hydrogen-bond donors (Lipinski definition) is 1. The zero-order valence-electron chi connectivity index (χ0n) is 19.8. The number of carbonyl (C=O) groups is 1. The van der Waals surface area contributed by atoms with Gasteiger partial charge >= 0.3 is 0 Å². The predicted molar refractivity (Wildman–Crippen MR) is 135 cm³/mol. The molecular weight excluding hydrogens is 408 g/mol. The summed E-state index contributed by atoms with van der Waals surface area (Å²) in [6.07, 6.45) is 3.55. The highest BCUT2D eigenvalue weighted by atomic mass is 16.1. The normalized spacial score (nSPS) is 13.3. The van der Waals surface area contributed by atoms with Gasteiger partial charge in [0.1, 0.15) is 0 Å². The van der Waals surface area contributed by atoms with Gasteiger partial charge in [0.2, 0.25) is 0 Å². The lowest BCUT2D eigenvalue weighted by Crippen LogP contribution is -2.10. The largest absolute Gasteiger partial charge is 0.402 e. The number of fused-ring (bicyclic) bond motifs is 1. The summed E-state index contributed by atoms with van der Waals surface area (Å²) < 4.78 is 2.25. The van der Waals surface area contributed by atoms with E-state index < -0.39 is 0 Å². The molecule has 0 fully saturated rings. The molecule has 0 aliphatic carbocycles. The van der Waals surface area contributed by atoms with Gasteiger partial charge in [-0.3, -0.25) is 14.8 Å². The minimum atomic E-state index is -0.0727. The maximum Gasteiger partial charge on any atom is 0.162 e. The number of allylic oxidation sites excluding steroid dienone is 2. The molecule has 0 aliphatic rings. The lowest BCUT2D eigenvalue weighted by Gasteiger charge is -2.19. The molecule has 0 aliphatic heterocycles. The van der Waals surface area contributed by atoms with Crippen LogP contribution in [0.25, 0.3) is 27.9 Å². The molecule has 5 nitrogen and oxygen atoms in total. The molecule has 1 unspecified atom stereocenters. The van der Waals surface area contributed by atoms with Crippen molar-refractivity contribution in [3.63, 3.8) is 0 Å². The van der Waals surface area contributed by atoms with Crippen molar-refractivity contribution in [2.45, 2.75) is 46.6 Å². The van der Waals surface area contributed by atoms with Crippen LogP contribution in [0.5, 0.6) is 0 Å². The van der Waals surface area contributed by atoms with E-state index in [2.05, 4.69) is 60.7 Å². The van der Waals surface area contributed by atoms with E-state index in [9.17, 15) is 4.79 Å². The van der Waals surface area contributed by atoms with Gasteiger partial charge in [0.25, 0.3) is 0 Å². The zero-order chi connectivity index (χ0) is 23.7. The van der Waals surface area contributed by atoms with E-state index in [4.69, 9.17) is 10.7 Å². The molecule has 168 valence electrons. The van der Waals surface area contributed by atoms with Gasteiger partial charge in [0, 0.05) is 29.2 Å². The van der Waals surface area contributed by atoms with Gasteiger partial charge in [-0.1, -0.05) is 44.2 Å². The Morgan fingerprint density at radius 2 is 1.70 bits per heavy atom. The summed E-state index contributed by atoms with van der Waals surface area (Å²) in [4.78, 5) is 21.6. The van der Waals surface area contributed by atoms with Gasteiger partial charge in [-0.05, 0) is 62.1 Å². The first-order chi connectivity index (χ1) is 15.8. The molecule has 0 amide bonds. The number of benzene rings is 1. The van der Waals surface area contributed by atoms with Crippen LogP contribution < -0.4 is 5.73 Å². The van der Waals surface area contributed by atoms with E-state index in [0.717, 1.165) is 33.5 Å². The summed E-state index contributed by atoms with van der Waals surface area (Å²) in [7, 11) is 0. The molecule has 4 aromatic rings. The molecule has 2 N–H and O–H groups in total. The lowest BCUT2D eigenvalue weighted by atomic mass is 10.0. The van der Waals surface area contributed by atoms with Crippen molar-refractivity contribution in [3.05, 3.63) is 89.5 Å². The molecule has 33 heavy (non-hydrogen) atoms. The van der Waals surface area contributed by atoms with Crippen LogP contribution in [0.1, 0.15) is 63.4 Å². The van der Waals surface area contributed by atoms with E-state index in [0.29, 0.717) is 17.2 Å². The molecule has 0 saturated heterocycles. The summed E-state index contributed by atoms with van der Waals surface area (Å²) in [6.45, 7) is 9.81. The first-order valence-corrected chi connectivity index (χ1v) is 11.3. The van der Waals surface area contributed by atoms with E-state index in [1.54, 1.807) is 13.1 Å². The van der Waals surface area contributed by atoms with Crippen LogP contribution in [0.4, 0.5) is 0 Å². The Bertz CT molecular complexity index is 1330. The van der Waals surface area contributed by atoms with Gasteiger partial charge in [-0.15, -0.1) is 0 Å². The number of nitrogens with two attached hydrogens (primary N) is 1. The van der Waals surface area contributed by atoms with E-state index in [1.165, 1.54) is 12.5 Å². The molecule has 0 radical (unpaired) electrons. The fourth-order valence-electron chi connectivity index (χ4n) is 4.38. The molecule has 0 spiro atoms. The molecule has 1 aromatic carbocycles. The van der Waals surface area contributed by atoms with Crippen molar-refractivity contribution in [3.8, 4) is 11.3 Å². The Morgan fingerprint density at radius 1 is 0.970 bits per heavy atom. The monoisotopic (exact) mass is 438 g/mol. The number of carbonyl (C=O) groups excluding carboxylic acids is 1. The van der Waals surface area contributed by atoms with Crippen LogP contribution in [0.2, 0.25) is 0 Å². The molecule has 0 bridgehead atoms. The number of aromatic nitrogens is 3. The second kappa shape index (κ2) is 9.02. The Hall–Kier alpha value is -3.73. The second-order valence-electron chi connectivity index (χ2n) is 8.85. The fourth-order valence-corrected chi connectivity index (χ4v) is 4.38. The smallest absolute Gasteiger partial charge is 0.162 e. The minimum Gasteiger partial charge on any atom is -0.402 e. The summed E-state index contributed by atoms with van der Waals surface area (Å²) in [6, 6.07) is 18.7. The Balaban J connectivity index is 1.97. The highest BCUT2D eigenvalue weighted by molar-refractivity contribution is 6.20. The van der Waals surface area contributed by atoms with Crippen molar-refractivity contribution in [1.29, 1.82) is 0 Å². The van der Waals surface area contributed by atoms with Crippen molar-refractivity contribution in [2.75, 3.05) is 0 Å². The maximum atomic E-state index is 12.3. The Labute approximate surface area is 195 Å². The molecule has 4 rings (SSSR count). The third kappa shape index (κ3) is 4.31. The number of nitrogens with zero attached hydrogens (tertiary/aromatic N) is 3. The summed E-state index contributed by atoms with van der Waals surface area (Å²) in [5.41, 5.74) is 14.0. The molecule has 3 heterocycles. The number of hydrogen-bond acceptors (Lipinski definition) is 4. The lowest BCUT2D eigenvalue weighted by molar-refractivity contribution is -0.111. The van der Waals surface area contributed by atoms with Crippen LogP contribution in [0.15, 0.2) is 72.7 Å². The maximum absolute atomic E-state index is 12.3. The fraction of sp³-hybridized carbons (Fsp3) is 0.250. The third-order valence-electron chi connectivity index (χ3n) is 6.10. The molecule has 0 saturated carbocycles. The Kier molecular flexibility index (Phi) is 6.14. The van der Waals surface area contributed by atoms with E-state index >= 15 is 0 Å². The van der Waals surface area contributed by atoms with E-state index in [1.807, 2.05) is 30.5 Å². The van der Waals surface area contributed by atoms with Crippen LogP contribution >= 0.6 is 0 Å². The van der Waals surface area contributed by atoms with Gasteiger partial charge in [0.15, 0.2) is 5.78 Å². The first-order valence-electron chi connectivity index (χ1n) is 11.3. The number of Topliss-reactive ketones (excluding diaryl/α,β-unsaturated/α-hetero) is 1. The second-order valence-corrected chi connectivity index (χ2v) is 8.85. The average molecular weight is 439 g/mol. The van der Waals surface area contributed by atoms with Crippen molar-refractivity contribution < 1.29 is 4.79 Å². The number of rotatable bonds is 6. The number of pyridine rings is 2. The van der Waals surface area contributed by atoms with Crippen molar-refractivity contribution >= 4 is 22.4 Å². The van der Waals surface area contributed by atoms with Gasteiger partial charge in [-0.2, -0.15) is 0 Å². The Morgan fingerprint density at radius 3 is 2.27 bits per heavy atom. The quantitative estimate of drug-likeness (QED) is 0.369. The SMILES string of the molecule is CC(=O)/C(=C(/C)N)c1cnc2cc(-c3ccc(C(C)C)cc3)n(C(C)c3ccccn3)c2c1. The molecule has 5 heteroatoms. The number of ketones is 1. The van der Waals surface area contributed by atoms with Gasteiger partial charge < -0.3 is 10.3 Å². The van der Waals surface area contributed by atoms with Gasteiger partial charge in [0.05, 0.1) is 28.5 Å². The van der Waals surface area contributed by atoms with Gasteiger partial charge in [-0.25, -0.2) is 0 Å². The topological polar surface area (TPSA) is 73.8 Å². The van der Waals surface area contributed by atoms with E-state index in [-0.39, 0.29) is 11.8 Å². The summed E-state index contributed by atoms with van der Waals surface area (Å²) in [5.74, 6) is 0.398. The minimum absolute atomic E-state index is 0.0377. The average Bonchev–Trinajstić information content (AvgIpc) is 3.17. The molecule has 1 atom stereocenters. The van der Waals surface area contributed by atoms with Crippen molar-refractivity contribution in [2.24, 2.45) is 5.73 Å². The molecular formula is C28H30N4O. The summed E-state index contributed by atoms with van der Waals surface area (Å²) >= 11 is 0.